The van der Waals surface area contributed by atoms with Gasteiger partial charge >= 0.3 is 5.97 Å². The van der Waals surface area contributed by atoms with E-state index in [4.69, 9.17) is 21.1 Å². The van der Waals surface area contributed by atoms with E-state index in [9.17, 15) is 24.6 Å². The van der Waals surface area contributed by atoms with Gasteiger partial charge in [0.1, 0.15) is 11.8 Å². The Morgan fingerprint density at radius 2 is 1.68 bits per heavy atom. The van der Waals surface area contributed by atoms with Gasteiger partial charge in [-0.3, -0.25) is 9.59 Å². The molecular formula is C43H65ClN2O7. The van der Waals surface area contributed by atoms with Gasteiger partial charge in [0.05, 0.1) is 24.5 Å². The molecule has 6 atom stereocenters. The van der Waals surface area contributed by atoms with Crippen molar-refractivity contribution in [3.05, 3.63) is 88.7 Å². The maximum absolute atomic E-state index is 12.6. The number of hydrogen-bond donors (Lipinski definition) is 4. The molecule has 1 fully saturated rings. The number of methoxy groups -OCH3 is 1. The Morgan fingerprint density at radius 1 is 1.06 bits per heavy atom. The van der Waals surface area contributed by atoms with Crippen LogP contribution in [0.1, 0.15) is 104 Å². The molecule has 0 spiro atoms. The zero-order valence-electron chi connectivity index (χ0n) is 33.8. The first-order valence-corrected chi connectivity index (χ1v) is 19.1. The highest BCUT2D eigenvalue weighted by Crippen LogP contribution is 2.58. The van der Waals surface area contributed by atoms with Gasteiger partial charge in [0.25, 0.3) is 0 Å². The maximum atomic E-state index is 12.6. The molecule has 4 N–H and O–H groups in total. The van der Waals surface area contributed by atoms with E-state index in [0.717, 1.165) is 29.7 Å². The summed E-state index contributed by atoms with van der Waals surface area (Å²) in [5.41, 5.74) is 2.69. The predicted octanol–water partition coefficient (Wildman–Crippen LogP) is 8.86. The summed E-state index contributed by atoms with van der Waals surface area (Å²) >= 11 is 5.80. The summed E-state index contributed by atoms with van der Waals surface area (Å²) in [6.45, 7) is 23.8. The number of carbonyl (C=O) groups is 3. The van der Waals surface area contributed by atoms with Crippen molar-refractivity contribution in [1.82, 2.24) is 10.6 Å². The zero-order chi connectivity index (χ0) is 40.5. The van der Waals surface area contributed by atoms with Crippen LogP contribution < -0.4 is 15.4 Å². The fourth-order valence-corrected chi connectivity index (χ4v) is 6.41. The van der Waals surface area contributed by atoms with Crippen LogP contribution in [0.3, 0.4) is 0 Å². The summed E-state index contributed by atoms with van der Waals surface area (Å²) in [4.78, 5) is 36.5. The number of hydrogen-bond acceptors (Lipinski definition) is 6. The lowest BCUT2D eigenvalue weighted by molar-refractivity contribution is -0.149. The Morgan fingerprint density at radius 3 is 2.21 bits per heavy atom. The van der Waals surface area contributed by atoms with Crippen LogP contribution in [0, 0.1) is 36.0 Å². The monoisotopic (exact) mass is 756 g/mol. The van der Waals surface area contributed by atoms with Crippen LogP contribution in [0.4, 0.5) is 0 Å². The quantitative estimate of drug-likeness (QED) is 0.0882. The number of benzene rings is 2. The first-order chi connectivity index (χ1) is 24.9. The van der Waals surface area contributed by atoms with Crippen LogP contribution in [0.5, 0.6) is 5.75 Å². The number of aliphatic hydroxyl groups is 1. The van der Waals surface area contributed by atoms with Crippen molar-refractivity contribution >= 4 is 29.4 Å². The van der Waals surface area contributed by atoms with Crippen molar-refractivity contribution in [2.24, 2.45) is 29.1 Å². The normalized spacial score (nSPS) is 18.0. The molecule has 0 aromatic heterocycles. The third-order valence-corrected chi connectivity index (χ3v) is 9.77. The molecule has 0 bridgehead atoms. The molecule has 0 aliphatic heterocycles. The third-order valence-electron chi connectivity index (χ3n) is 9.47. The van der Waals surface area contributed by atoms with Crippen molar-refractivity contribution in [3.8, 4) is 5.75 Å². The molecule has 6 unspecified atom stereocenters. The van der Waals surface area contributed by atoms with Crippen LogP contribution in [-0.4, -0.2) is 53.8 Å². The third kappa shape index (κ3) is 16.0. The molecule has 53 heavy (non-hydrogen) atoms. The number of rotatable bonds is 18. The van der Waals surface area contributed by atoms with E-state index < -0.39 is 23.5 Å². The van der Waals surface area contributed by atoms with Crippen molar-refractivity contribution in [2.45, 2.75) is 113 Å². The minimum Gasteiger partial charge on any atom is -0.495 e. The Kier molecular flexibility index (Phi) is 20.5. The van der Waals surface area contributed by atoms with Gasteiger partial charge in [-0.1, -0.05) is 110 Å². The minimum atomic E-state index is -1.05. The van der Waals surface area contributed by atoms with E-state index in [1.54, 1.807) is 14.0 Å². The highest BCUT2D eigenvalue weighted by molar-refractivity contribution is 6.32. The van der Waals surface area contributed by atoms with Gasteiger partial charge < -0.3 is 30.3 Å². The molecule has 2 aromatic carbocycles. The van der Waals surface area contributed by atoms with E-state index in [1.165, 1.54) is 11.6 Å². The molecule has 0 saturated heterocycles. The standard InChI is InChI=1S/C33H50N2O6.C8H9ClO.C2H6/c1-20(2)17-27(32(39)40)41-24(6)33(7,8)19-34-31(38)23(5)35-28(37)12-10-9-11-21(3)29-22(4)30(29)26-15-13-25(18-36)14-16-26;1-6-3-4-8(10-2)7(9)5-6;1-2/h10,12-16,20-23,27,29-30,36H,6,9,11,17-19H2,1-5,7-8H3,(H,34,38)(H,35,37)(H,39,40);3-5H,1-2H3;1-2H3/b12-10+;;. The van der Waals surface area contributed by atoms with Crippen molar-refractivity contribution in [3.63, 3.8) is 0 Å². The largest absolute Gasteiger partial charge is 0.495 e. The topological polar surface area (TPSA) is 134 Å². The molecule has 2 amide bonds. The van der Waals surface area contributed by atoms with Crippen LogP contribution in [0.2, 0.25) is 5.02 Å². The Hall–Kier alpha value is -3.82. The highest BCUT2D eigenvalue weighted by Gasteiger charge is 2.49. The molecule has 1 aliphatic carbocycles. The first-order valence-electron chi connectivity index (χ1n) is 18.7. The lowest BCUT2D eigenvalue weighted by Gasteiger charge is -2.30. The van der Waals surface area contributed by atoms with Crippen LogP contribution in [-0.2, 0) is 25.7 Å². The number of allylic oxidation sites excluding steroid dienone is 1. The van der Waals surface area contributed by atoms with Gasteiger partial charge in [0.15, 0.2) is 6.10 Å². The minimum absolute atomic E-state index is 0.0582. The second-order valence-electron chi connectivity index (χ2n) is 14.8. The zero-order valence-corrected chi connectivity index (χ0v) is 34.5. The summed E-state index contributed by atoms with van der Waals surface area (Å²) in [5, 5.41) is 24.9. The molecule has 1 saturated carbocycles. The van der Waals surface area contributed by atoms with Gasteiger partial charge in [0, 0.05) is 12.0 Å². The van der Waals surface area contributed by atoms with E-state index in [1.807, 2.05) is 84.9 Å². The van der Waals surface area contributed by atoms with Gasteiger partial charge in [-0.05, 0) is 97.6 Å². The van der Waals surface area contributed by atoms with E-state index in [-0.39, 0.29) is 36.6 Å². The molecule has 0 heterocycles. The number of aryl methyl sites for hydroxylation is 1. The fraction of sp³-hybridized carbons (Fsp3) is 0.558. The molecule has 10 heteroatoms. The molecule has 9 nitrogen and oxygen atoms in total. The number of carboxylic acid groups (broad SMARTS) is 1. The van der Waals surface area contributed by atoms with Crippen LogP contribution in [0.15, 0.2) is 67.0 Å². The summed E-state index contributed by atoms with van der Waals surface area (Å²) in [6.07, 6.45) is 4.45. The lowest BCUT2D eigenvalue weighted by Crippen LogP contribution is -2.47. The maximum Gasteiger partial charge on any atom is 0.344 e. The predicted molar refractivity (Wildman–Crippen MR) is 215 cm³/mol. The average molecular weight is 757 g/mol. The SMILES string of the molecule is C=C(OC(CC(C)C)C(=O)O)C(C)(C)CNC(=O)C(C)NC(=O)/C=C/CCC(C)C1C(C)C1c1ccc(CO)cc1.CC.COc1ccc(C)cc1Cl. The molecule has 0 radical (unpaired) electrons. The number of aliphatic hydroxyl groups excluding tert-OH is 1. The van der Waals surface area contributed by atoms with Gasteiger partial charge in [-0.2, -0.15) is 0 Å². The first kappa shape index (κ1) is 47.2. The molecular weight excluding hydrogens is 692 g/mol. The Bertz CT molecular complexity index is 1490. The van der Waals surface area contributed by atoms with Crippen molar-refractivity contribution in [1.29, 1.82) is 0 Å². The van der Waals surface area contributed by atoms with Crippen LogP contribution >= 0.6 is 11.6 Å². The summed E-state index contributed by atoms with van der Waals surface area (Å²) < 4.78 is 10.6. The average Bonchev–Trinajstić information content (AvgIpc) is 3.79. The van der Waals surface area contributed by atoms with Crippen molar-refractivity contribution in [2.75, 3.05) is 13.7 Å². The molecule has 1 aliphatic rings. The highest BCUT2D eigenvalue weighted by atomic mass is 35.5. The Labute approximate surface area is 323 Å². The molecule has 296 valence electrons. The second-order valence-corrected chi connectivity index (χ2v) is 15.2. The summed E-state index contributed by atoms with van der Waals surface area (Å²) in [7, 11) is 1.61. The van der Waals surface area contributed by atoms with E-state index in [0.29, 0.717) is 35.1 Å². The van der Waals surface area contributed by atoms with Crippen molar-refractivity contribution < 1.29 is 34.1 Å². The number of halogens is 1. The number of nitrogens with one attached hydrogen (secondary N) is 2. The van der Waals surface area contributed by atoms with E-state index in [2.05, 4.69) is 43.2 Å². The van der Waals surface area contributed by atoms with E-state index >= 15 is 0 Å². The summed E-state index contributed by atoms with van der Waals surface area (Å²) in [5.74, 6) is 1.71. The lowest BCUT2D eigenvalue weighted by atomic mass is 9.91. The number of amides is 2. The number of aliphatic carboxylic acids is 1. The fourth-order valence-electron chi connectivity index (χ4n) is 6.10. The second kappa shape index (κ2) is 23.1. The number of carbonyl (C=O) groups excluding carboxylic acids is 2. The number of carboxylic acids is 1. The molecule has 3 rings (SSSR count). The van der Waals surface area contributed by atoms with Gasteiger partial charge in [-0.25, -0.2) is 4.79 Å². The smallest absolute Gasteiger partial charge is 0.344 e. The molecule has 2 aromatic rings. The Balaban J connectivity index is 0.000000994. The van der Waals surface area contributed by atoms with Crippen LogP contribution in [0.25, 0.3) is 0 Å². The summed E-state index contributed by atoms with van der Waals surface area (Å²) in [6, 6.07) is 13.2. The number of ether oxygens (including phenoxy) is 2. The van der Waals surface area contributed by atoms with Gasteiger partial charge in [0.2, 0.25) is 11.8 Å². The van der Waals surface area contributed by atoms with Gasteiger partial charge in [-0.15, -0.1) is 0 Å².